The molecule has 19 heavy (non-hydrogen) atoms. The van der Waals surface area contributed by atoms with Crippen molar-refractivity contribution < 1.29 is 19.4 Å². The summed E-state index contributed by atoms with van der Waals surface area (Å²) in [5.74, 6) is -0.738. The third-order valence-corrected chi connectivity index (χ3v) is 4.08. The standard InChI is InChI=1S/C14H27NO4/c1-4-12(2)15(7-9-18-3)10-14(13(16)17)6-5-8-19-11-14/h12H,4-11H2,1-3H3,(H,16,17). The zero-order chi connectivity index (χ0) is 14.3. The second-order valence-electron chi connectivity index (χ2n) is 5.46. The summed E-state index contributed by atoms with van der Waals surface area (Å²) < 4.78 is 10.6. The van der Waals surface area contributed by atoms with Crippen LogP contribution in [0.25, 0.3) is 0 Å². The van der Waals surface area contributed by atoms with Crippen molar-refractivity contribution >= 4 is 5.97 Å². The number of hydrogen-bond acceptors (Lipinski definition) is 4. The van der Waals surface area contributed by atoms with Crippen LogP contribution in [0.2, 0.25) is 0 Å². The molecule has 1 aliphatic rings. The number of methoxy groups -OCH3 is 1. The van der Waals surface area contributed by atoms with Crippen LogP contribution in [0.1, 0.15) is 33.1 Å². The number of nitrogens with zero attached hydrogens (tertiary/aromatic N) is 1. The highest BCUT2D eigenvalue weighted by Crippen LogP contribution is 2.31. The minimum absolute atomic E-state index is 0.322. The Hall–Kier alpha value is -0.650. The molecule has 0 amide bonds. The van der Waals surface area contributed by atoms with Gasteiger partial charge in [0.1, 0.15) is 5.41 Å². The van der Waals surface area contributed by atoms with E-state index < -0.39 is 11.4 Å². The van der Waals surface area contributed by atoms with Crippen molar-refractivity contribution in [1.82, 2.24) is 4.90 Å². The van der Waals surface area contributed by atoms with Crippen molar-refractivity contribution in [2.45, 2.75) is 39.2 Å². The fraction of sp³-hybridized carbons (Fsp3) is 0.929. The Kier molecular flexibility index (Phi) is 6.75. The van der Waals surface area contributed by atoms with Gasteiger partial charge in [-0.2, -0.15) is 0 Å². The van der Waals surface area contributed by atoms with Crippen LogP contribution in [0.15, 0.2) is 0 Å². The summed E-state index contributed by atoms with van der Waals surface area (Å²) in [5.41, 5.74) is -0.755. The fourth-order valence-electron chi connectivity index (χ4n) is 2.52. The number of ether oxygens (including phenoxy) is 2. The van der Waals surface area contributed by atoms with Crippen molar-refractivity contribution in [2.24, 2.45) is 5.41 Å². The predicted molar refractivity (Wildman–Crippen MR) is 73.3 cm³/mol. The molecular formula is C14H27NO4. The van der Waals surface area contributed by atoms with Crippen molar-refractivity contribution in [3.63, 3.8) is 0 Å². The molecule has 1 heterocycles. The zero-order valence-electron chi connectivity index (χ0n) is 12.4. The number of rotatable bonds is 8. The molecule has 1 N–H and O–H groups in total. The molecule has 1 fully saturated rings. The summed E-state index contributed by atoms with van der Waals surface area (Å²) in [6.07, 6.45) is 2.52. The van der Waals surface area contributed by atoms with Gasteiger partial charge in [0.15, 0.2) is 0 Å². The van der Waals surface area contributed by atoms with E-state index in [0.717, 1.165) is 19.4 Å². The maximum Gasteiger partial charge on any atom is 0.313 e. The Morgan fingerprint density at radius 1 is 1.58 bits per heavy atom. The van der Waals surface area contributed by atoms with Gasteiger partial charge in [-0.25, -0.2) is 0 Å². The van der Waals surface area contributed by atoms with Crippen LogP contribution in [-0.4, -0.2) is 62.0 Å². The molecule has 2 unspecified atom stereocenters. The molecule has 1 saturated heterocycles. The first-order valence-electron chi connectivity index (χ1n) is 7.10. The van der Waals surface area contributed by atoms with E-state index in [1.807, 2.05) is 0 Å². The van der Waals surface area contributed by atoms with Gasteiger partial charge in [0.2, 0.25) is 0 Å². The Morgan fingerprint density at radius 2 is 2.32 bits per heavy atom. The summed E-state index contributed by atoms with van der Waals surface area (Å²) in [6.45, 7) is 7.19. The summed E-state index contributed by atoms with van der Waals surface area (Å²) in [7, 11) is 1.67. The molecule has 0 aromatic rings. The van der Waals surface area contributed by atoms with E-state index in [4.69, 9.17) is 9.47 Å². The van der Waals surface area contributed by atoms with Gasteiger partial charge in [-0.05, 0) is 26.2 Å². The van der Waals surface area contributed by atoms with Gasteiger partial charge < -0.3 is 14.6 Å². The predicted octanol–water partition coefficient (Wildman–Crippen LogP) is 1.61. The van der Waals surface area contributed by atoms with Gasteiger partial charge in [0.25, 0.3) is 0 Å². The SMILES string of the molecule is CCC(C)N(CCOC)CC1(C(=O)O)CCCOC1. The lowest BCUT2D eigenvalue weighted by molar-refractivity contribution is -0.160. The lowest BCUT2D eigenvalue weighted by Gasteiger charge is -2.39. The van der Waals surface area contributed by atoms with Crippen molar-refractivity contribution in [3.05, 3.63) is 0 Å². The fourth-order valence-corrected chi connectivity index (χ4v) is 2.52. The van der Waals surface area contributed by atoms with Crippen molar-refractivity contribution in [3.8, 4) is 0 Å². The second-order valence-corrected chi connectivity index (χ2v) is 5.46. The van der Waals surface area contributed by atoms with Crippen LogP contribution in [0.5, 0.6) is 0 Å². The Balaban J connectivity index is 2.74. The average Bonchev–Trinajstić information content (AvgIpc) is 2.43. The van der Waals surface area contributed by atoms with E-state index in [1.54, 1.807) is 7.11 Å². The highest BCUT2D eigenvalue weighted by atomic mass is 16.5. The molecule has 0 aromatic heterocycles. The van der Waals surface area contributed by atoms with E-state index >= 15 is 0 Å². The minimum Gasteiger partial charge on any atom is -0.481 e. The lowest BCUT2D eigenvalue weighted by Crippen LogP contribution is -2.51. The first-order chi connectivity index (χ1) is 9.05. The third-order valence-electron chi connectivity index (χ3n) is 4.08. The quantitative estimate of drug-likeness (QED) is 0.728. The maximum atomic E-state index is 11.7. The summed E-state index contributed by atoms with van der Waals surface area (Å²) >= 11 is 0. The number of carbonyl (C=O) groups is 1. The topological polar surface area (TPSA) is 59.0 Å². The molecule has 2 atom stereocenters. The molecule has 5 nitrogen and oxygen atoms in total. The van der Waals surface area contributed by atoms with Gasteiger partial charge in [-0.15, -0.1) is 0 Å². The molecule has 5 heteroatoms. The molecule has 1 rings (SSSR count). The molecule has 1 aliphatic heterocycles. The molecule has 112 valence electrons. The molecule has 0 radical (unpaired) electrons. The largest absolute Gasteiger partial charge is 0.481 e. The van der Waals surface area contributed by atoms with E-state index in [0.29, 0.717) is 38.8 Å². The third kappa shape index (κ3) is 4.44. The van der Waals surface area contributed by atoms with E-state index in [-0.39, 0.29) is 0 Å². The molecule has 0 spiro atoms. The zero-order valence-corrected chi connectivity index (χ0v) is 12.4. The Labute approximate surface area is 115 Å². The first kappa shape index (κ1) is 16.4. The summed E-state index contributed by atoms with van der Waals surface area (Å²) in [6, 6.07) is 0.355. The highest BCUT2D eigenvalue weighted by Gasteiger charge is 2.42. The molecular weight excluding hydrogens is 246 g/mol. The Bertz CT molecular complexity index is 277. The van der Waals surface area contributed by atoms with E-state index in [2.05, 4.69) is 18.7 Å². The lowest BCUT2D eigenvalue weighted by atomic mass is 9.81. The number of carboxylic acids is 1. The van der Waals surface area contributed by atoms with E-state index in [9.17, 15) is 9.90 Å². The number of carboxylic acid groups (broad SMARTS) is 1. The van der Waals surface area contributed by atoms with E-state index in [1.165, 1.54) is 0 Å². The maximum absolute atomic E-state index is 11.7. The monoisotopic (exact) mass is 273 g/mol. The Morgan fingerprint density at radius 3 is 2.79 bits per heavy atom. The highest BCUT2D eigenvalue weighted by molar-refractivity contribution is 5.75. The average molecular weight is 273 g/mol. The van der Waals surface area contributed by atoms with Crippen LogP contribution >= 0.6 is 0 Å². The molecule has 0 aliphatic carbocycles. The molecule has 0 aromatic carbocycles. The first-order valence-corrected chi connectivity index (χ1v) is 7.10. The van der Waals surface area contributed by atoms with Gasteiger partial charge in [-0.1, -0.05) is 6.92 Å². The normalized spacial score (nSPS) is 25.5. The van der Waals surface area contributed by atoms with Crippen LogP contribution in [0.4, 0.5) is 0 Å². The summed E-state index contributed by atoms with van der Waals surface area (Å²) in [5, 5.41) is 9.58. The van der Waals surface area contributed by atoms with Gasteiger partial charge in [0, 0.05) is 32.8 Å². The van der Waals surface area contributed by atoms with Crippen LogP contribution in [0.3, 0.4) is 0 Å². The molecule has 0 saturated carbocycles. The van der Waals surface area contributed by atoms with Crippen LogP contribution in [0, 0.1) is 5.41 Å². The van der Waals surface area contributed by atoms with Crippen molar-refractivity contribution in [1.29, 1.82) is 0 Å². The van der Waals surface area contributed by atoms with Crippen molar-refractivity contribution in [2.75, 3.05) is 40.0 Å². The number of aliphatic carboxylic acids is 1. The van der Waals surface area contributed by atoms with Gasteiger partial charge in [-0.3, -0.25) is 9.69 Å². The van der Waals surface area contributed by atoms with Crippen LogP contribution < -0.4 is 0 Å². The minimum atomic E-state index is -0.755. The van der Waals surface area contributed by atoms with Gasteiger partial charge >= 0.3 is 5.97 Å². The second kappa shape index (κ2) is 7.82. The summed E-state index contributed by atoms with van der Waals surface area (Å²) in [4.78, 5) is 13.9. The smallest absolute Gasteiger partial charge is 0.313 e. The number of hydrogen-bond donors (Lipinski definition) is 1. The van der Waals surface area contributed by atoms with Crippen LogP contribution in [-0.2, 0) is 14.3 Å². The molecule has 0 bridgehead atoms. The van der Waals surface area contributed by atoms with Gasteiger partial charge in [0.05, 0.1) is 13.2 Å².